The van der Waals surface area contributed by atoms with E-state index in [9.17, 15) is 4.79 Å². The normalized spacial score (nSPS) is 12.1. The van der Waals surface area contributed by atoms with E-state index < -0.39 is 0 Å². The molecule has 1 N–H and O–H groups in total. The summed E-state index contributed by atoms with van der Waals surface area (Å²) >= 11 is 1.48. The summed E-state index contributed by atoms with van der Waals surface area (Å²) < 4.78 is 5.75. The van der Waals surface area contributed by atoms with Crippen molar-refractivity contribution in [2.24, 2.45) is 0 Å². The molecule has 4 rings (SSSR count). The van der Waals surface area contributed by atoms with E-state index in [1.165, 1.54) is 16.9 Å². The number of aromatic nitrogens is 1. The summed E-state index contributed by atoms with van der Waals surface area (Å²) in [6.45, 7) is 4.58. The van der Waals surface area contributed by atoms with Crippen LogP contribution in [0.25, 0.3) is 11.3 Å². The van der Waals surface area contributed by atoms with Crippen LogP contribution in [0.15, 0.2) is 42.5 Å². The number of hydrogen-bond donors (Lipinski definition) is 1. The zero-order valence-corrected chi connectivity index (χ0v) is 14.9. The monoisotopic (exact) mass is 350 g/mol. The Morgan fingerprint density at radius 2 is 2.08 bits per heavy atom. The molecule has 5 heteroatoms. The molecule has 1 aliphatic heterocycles. The van der Waals surface area contributed by atoms with Gasteiger partial charge < -0.3 is 10.1 Å². The summed E-state index contributed by atoms with van der Waals surface area (Å²) in [6.07, 6.45) is 0.351. The minimum absolute atomic E-state index is 0.0488. The molecule has 0 aliphatic carbocycles. The van der Waals surface area contributed by atoms with Crippen LogP contribution in [0.3, 0.4) is 0 Å². The van der Waals surface area contributed by atoms with E-state index in [1.54, 1.807) is 0 Å². The molecule has 0 saturated carbocycles. The Kier molecular flexibility index (Phi) is 4.01. The van der Waals surface area contributed by atoms with Gasteiger partial charge >= 0.3 is 0 Å². The maximum absolute atomic E-state index is 12.4. The zero-order chi connectivity index (χ0) is 17.4. The first-order valence-electron chi connectivity index (χ1n) is 8.18. The number of para-hydroxylation sites is 1. The summed E-state index contributed by atoms with van der Waals surface area (Å²) in [7, 11) is 0. The summed E-state index contributed by atoms with van der Waals surface area (Å²) in [5.41, 5.74) is 5.27. The van der Waals surface area contributed by atoms with Crippen LogP contribution in [0.4, 0.5) is 5.13 Å². The van der Waals surface area contributed by atoms with Crippen molar-refractivity contribution in [2.45, 2.75) is 26.9 Å². The molecule has 0 radical (unpaired) electrons. The lowest BCUT2D eigenvalue weighted by Gasteiger charge is -2.15. The van der Waals surface area contributed by atoms with Crippen LogP contribution in [0.2, 0.25) is 0 Å². The Labute approximate surface area is 150 Å². The molecule has 4 nitrogen and oxygen atoms in total. The van der Waals surface area contributed by atoms with Gasteiger partial charge in [0.2, 0.25) is 5.91 Å². The Balaban J connectivity index is 1.53. The lowest BCUT2D eigenvalue weighted by molar-refractivity contribution is -0.115. The average molecular weight is 350 g/mol. The number of benzene rings is 2. The third-order valence-corrected chi connectivity index (χ3v) is 5.24. The highest BCUT2D eigenvalue weighted by Crippen LogP contribution is 2.40. The van der Waals surface area contributed by atoms with Crippen LogP contribution in [-0.4, -0.2) is 10.9 Å². The number of carbonyl (C=O) groups is 1. The van der Waals surface area contributed by atoms with Crippen molar-refractivity contribution < 1.29 is 9.53 Å². The van der Waals surface area contributed by atoms with Gasteiger partial charge in [0.1, 0.15) is 12.4 Å². The van der Waals surface area contributed by atoms with E-state index in [0.717, 1.165) is 33.0 Å². The second-order valence-electron chi connectivity index (χ2n) is 6.23. The van der Waals surface area contributed by atoms with E-state index in [0.29, 0.717) is 18.2 Å². The van der Waals surface area contributed by atoms with Crippen LogP contribution in [0, 0.1) is 13.8 Å². The van der Waals surface area contributed by atoms with E-state index in [-0.39, 0.29) is 5.91 Å². The summed E-state index contributed by atoms with van der Waals surface area (Å²) in [6, 6.07) is 14.0. The fourth-order valence-corrected chi connectivity index (χ4v) is 3.93. The molecule has 1 aliphatic rings. The van der Waals surface area contributed by atoms with Crippen molar-refractivity contribution in [3.05, 3.63) is 64.0 Å². The van der Waals surface area contributed by atoms with Crippen LogP contribution in [0.5, 0.6) is 5.75 Å². The van der Waals surface area contributed by atoms with Crippen LogP contribution >= 0.6 is 11.3 Å². The second-order valence-corrected chi connectivity index (χ2v) is 7.31. The first-order valence-corrected chi connectivity index (χ1v) is 8.99. The van der Waals surface area contributed by atoms with Gasteiger partial charge in [-0.05, 0) is 37.1 Å². The zero-order valence-electron chi connectivity index (χ0n) is 14.1. The number of fused-ring (bicyclic) bond motifs is 3. The van der Waals surface area contributed by atoms with Gasteiger partial charge in [-0.1, -0.05) is 47.2 Å². The van der Waals surface area contributed by atoms with E-state index >= 15 is 0 Å². The molecule has 0 spiro atoms. The smallest absolute Gasteiger partial charge is 0.230 e. The van der Waals surface area contributed by atoms with Gasteiger partial charge in [0.05, 0.1) is 17.0 Å². The molecule has 25 heavy (non-hydrogen) atoms. The highest BCUT2D eigenvalue weighted by Gasteiger charge is 2.22. The van der Waals surface area contributed by atoms with Crippen LogP contribution in [-0.2, 0) is 17.8 Å². The average Bonchev–Trinajstić information content (AvgIpc) is 3.00. The first-order chi connectivity index (χ1) is 12.1. The fourth-order valence-electron chi connectivity index (χ4n) is 3.03. The molecule has 0 saturated heterocycles. The third kappa shape index (κ3) is 3.15. The highest BCUT2D eigenvalue weighted by atomic mass is 32.1. The lowest BCUT2D eigenvalue weighted by atomic mass is 10.0. The van der Waals surface area contributed by atoms with Crippen LogP contribution < -0.4 is 10.1 Å². The number of carbonyl (C=O) groups excluding carboxylic acids is 1. The van der Waals surface area contributed by atoms with Crippen molar-refractivity contribution in [2.75, 3.05) is 5.32 Å². The van der Waals surface area contributed by atoms with Gasteiger partial charge in [-0.3, -0.25) is 4.79 Å². The van der Waals surface area contributed by atoms with Crippen molar-refractivity contribution in [3.63, 3.8) is 0 Å². The molecule has 126 valence electrons. The minimum Gasteiger partial charge on any atom is -0.487 e. The molecule has 0 unspecified atom stereocenters. The Bertz CT molecular complexity index is 962. The van der Waals surface area contributed by atoms with Crippen LogP contribution in [0.1, 0.15) is 21.6 Å². The molecule has 1 aromatic heterocycles. The fraction of sp³-hybridized carbons (Fsp3) is 0.200. The molecule has 0 atom stereocenters. The number of nitrogens with zero attached hydrogens (tertiary/aromatic N) is 1. The molecular formula is C20H18N2O2S. The van der Waals surface area contributed by atoms with Crippen molar-refractivity contribution in [1.82, 2.24) is 4.98 Å². The van der Waals surface area contributed by atoms with Crippen molar-refractivity contribution in [3.8, 4) is 17.0 Å². The highest BCUT2D eigenvalue weighted by molar-refractivity contribution is 7.16. The van der Waals surface area contributed by atoms with Gasteiger partial charge in [0.25, 0.3) is 0 Å². The van der Waals surface area contributed by atoms with Gasteiger partial charge in [-0.25, -0.2) is 4.98 Å². The molecule has 0 bridgehead atoms. The summed E-state index contributed by atoms with van der Waals surface area (Å²) in [5.74, 6) is 0.792. The Hall–Kier alpha value is -2.66. The number of aryl methyl sites for hydroxylation is 2. The molecule has 3 aromatic rings. The van der Waals surface area contributed by atoms with E-state index in [2.05, 4.69) is 23.3 Å². The van der Waals surface area contributed by atoms with Crippen molar-refractivity contribution in [1.29, 1.82) is 0 Å². The summed E-state index contributed by atoms with van der Waals surface area (Å²) in [4.78, 5) is 18.1. The van der Waals surface area contributed by atoms with Gasteiger partial charge in [0, 0.05) is 5.56 Å². The molecule has 0 fully saturated rings. The largest absolute Gasteiger partial charge is 0.487 e. The standard InChI is InChI=1S/C20H18N2O2S/c1-12-7-8-14(13(2)9-12)10-18(23)21-20-22-19-15-5-3-4-6-16(15)24-11-17(19)25-20/h3-9H,10-11H2,1-2H3,(H,21,22,23). The predicted octanol–water partition coefficient (Wildman–Crippen LogP) is 4.50. The molecule has 1 amide bonds. The predicted molar refractivity (Wildman–Crippen MR) is 100 cm³/mol. The van der Waals surface area contributed by atoms with E-state index in [1.807, 2.05) is 43.3 Å². The summed E-state index contributed by atoms with van der Waals surface area (Å²) in [5, 5.41) is 3.56. The number of ether oxygens (including phenoxy) is 1. The maximum atomic E-state index is 12.4. The van der Waals surface area contributed by atoms with Gasteiger partial charge in [0.15, 0.2) is 5.13 Å². The SMILES string of the molecule is Cc1ccc(CC(=O)Nc2nc3c(s2)COc2ccccc2-3)c(C)c1. The molecular weight excluding hydrogens is 332 g/mol. The second kappa shape index (κ2) is 6.33. The number of nitrogens with one attached hydrogen (secondary N) is 1. The van der Waals surface area contributed by atoms with E-state index in [4.69, 9.17) is 4.74 Å². The Morgan fingerprint density at radius 1 is 1.24 bits per heavy atom. The lowest BCUT2D eigenvalue weighted by Crippen LogP contribution is -2.14. The number of anilines is 1. The molecule has 2 aromatic carbocycles. The topological polar surface area (TPSA) is 51.2 Å². The van der Waals surface area contributed by atoms with Gasteiger partial charge in [-0.2, -0.15) is 0 Å². The quantitative estimate of drug-likeness (QED) is 0.757. The van der Waals surface area contributed by atoms with Gasteiger partial charge in [-0.15, -0.1) is 0 Å². The number of hydrogen-bond acceptors (Lipinski definition) is 4. The first kappa shape index (κ1) is 15.8. The Morgan fingerprint density at radius 3 is 2.92 bits per heavy atom. The van der Waals surface area contributed by atoms with Crippen molar-refractivity contribution >= 4 is 22.4 Å². The maximum Gasteiger partial charge on any atom is 0.230 e. The third-order valence-electron chi connectivity index (χ3n) is 4.29. The number of amides is 1. The number of rotatable bonds is 3. The minimum atomic E-state index is -0.0488. The molecule has 2 heterocycles. The number of thiazole rings is 1.